The van der Waals surface area contributed by atoms with Gasteiger partial charge in [0.15, 0.2) is 5.70 Å². The number of likely N-dealkylation sites (tertiary alicyclic amines) is 1. The summed E-state index contributed by atoms with van der Waals surface area (Å²) in [6, 6.07) is 6.11. The number of aliphatic hydroxyl groups is 1. The van der Waals surface area contributed by atoms with Gasteiger partial charge in [-0.3, -0.25) is 4.90 Å². The van der Waals surface area contributed by atoms with Gasteiger partial charge in [-0.05, 0) is 30.9 Å². The van der Waals surface area contributed by atoms with Gasteiger partial charge < -0.3 is 24.8 Å². The number of carbonyl (C=O) groups excluding carboxylic acids is 3. The molecule has 3 aliphatic heterocycles. The SMILES string of the molecule is COC(=O)C1=C(C(=O)OC)C2N(C)c3ccccc3C23CC(CO)N(C(=O)NC2CCCCC2)C3=N1. The number of rotatable bonds is 4. The Morgan fingerprint density at radius 1 is 1.11 bits per heavy atom. The van der Waals surface area contributed by atoms with Crippen LogP contribution in [-0.4, -0.2) is 79.8 Å². The highest BCUT2D eigenvalue weighted by Crippen LogP contribution is 2.57. The lowest BCUT2D eigenvalue weighted by Crippen LogP contribution is -2.57. The van der Waals surface area contributed by atoms with Crippen molar-refractivity contribution in [3.8, 4) is 0 Å². The topological polar surface area (TPSA) is 121 Å². The Bertz CT molecular complexity index is 1160. The van der Waals surface area contributed by atoms with Crippen molar-refractivity contribution in [2.75, 3.05) is 32.8 Å². The maximum Gasteiger partial charge on any atom is 0.357 e. The Morgan fingerprint density at radius 2 is 1.81 bits per heavy atom. The van der Waals surface area contributed by atoms with Gasteiger partial charge in [-0.1, -0.05) is 37.5 Å². The summed E-state index contributed by atoms with van der Waals surface area (Å²) in [5.41, 5.74) is 0.692. The predicted molar refractivity (Wildman–Crippen MR) is 132 cm³/mol. The summed E-state index contributed by atoms with van der Waals surface area (Å²) in [5, 5.41) is 13.6. The van der Waals surface area contributed by atoms with Gasteiger partial charge in [0.2, 0.25) is 0 Å². The number of aliphatic imine (C=N–C) groups is 1. The Kier molecular flexibility index (Phi) is 6.23. The van der Waals surface area contributed by atoms with E-state index < -0.39 is 29.4 Å². The van der Waals surface area contributed by atoms with E-state index >= 15 is 0 Å². The Hall–Kier alpha value is -3.40. The fourth-order valence-corrected chi connectivity index (χ4v) is 6.54. The second kappa shape index (κ2) is 9.24. The van der Waals surface area contributed by atoms with Crippen LogP contribution in [0, 0.1) is 0 Å². The zero-order valence-electron chi connectivity index (χ0n) is 20.8. The molecular weight excluding hydrogens is 464 g/mol. The van der Waals surface area contributed by atoms with E-state index in [0.717, 1.165) is 43.4 Å². The molecule has 1 spiro atoms. The van der Waals surface area contributed by atoms with Crippen LogP contribution >= 0.6 is 0 Å². The Balaban J connectivity index is 1.71. The molecule has 3 heterocycles. The number of ether oxygens (including phenoxy) is 2. The summed E-state index contributed by atoms with van der Waals surface area (Å²) < 4.78 is 10.1. The van der Waals surface area contributed by atoms with Gasteiger partial charge >= 0.3 is 18.0 Å². The highest BCUT2D eigenvalue weighted by Gasteiger charge is 2.66. The number of amides is 2. The van der Waals surface area contributed by atoms with Crippen molar-refractivity contribution in [2.24, 2.45) is 4.99 Å². The molecule has 1 aliphatic carbocycles. The molecule has 3 atom stereocenters. The molecule has 2 N–H and O–H groups in total. The van der Waals surface area contributed by atoms with Gasteiger partial charge in [0, 0.05) is 18.8 Å². The Morgan fingerprint density at radius 3 is 2.47 bits per heavy atom. The minimum Gasteiger partial charge on any atom is -0.466 e. The van der Waals surface area contributed by atoms with Crippen molar-refractivity contribution >= 4 is 29.5 Å². The van der Waals surface area contributed by atoms with Gasteiger partial charge in [0.05, 0.1) is 43.9 Å². The fraction of sp³-hybridized carbons (Fsp3) is 0.538. The van der Waals surface area contributed by atoms with Crippen molar-refractivity contribution in [1.82, 2.24) is 10.2 Å². The first-order chi connectivity index (χ1) is 17.4. The largest absolute Gasteiger partial charge is 0.466 e. The highest BCUT2D eigenvalue weighted by molar-refractivity contribution is 6.15. The van der Waals surface area contributed by atoms with E-state index in [1.807, 2.05) is 36.2 Å². The van der Waals surface area contributed by atoms with Gasteiger partial charge in [-0.15, -0.1) is 0 Å². The first kappa shape index (κ1) is 24.3. The zero-order chi connectivity index (χ0) is 25.6. The molecule has 3 unspecified atom stereocenters. The summed E-state index contributed by atoms with van der Waals surface area (Å²) in [5.74, 6) is -1.14. The molecule has 1 saturated carbocycles. The Labute approximate surface area is 209 Å². The number of aliphatic hydroxyl groups excluding tert-OH is 1. The molecule has 5 rings (SSSR count). The molecule has 10 nitrogen and oxygen atoms in total. The van der Waals surface area contributed by atoms with Crippen molar-refractivity contribution in [3.63, 3.8) is 0 Å². The number of fused-ring (bicyclic) bond motifs is 1. The number of methoxy groups -OCH3 is 2. The normalized spacial score (nSPS) is 27.2. The molecule has 36 heavy (non-hydrogen) atoms. The molecule has 2 fully saturated rings. The zero-order valence-corrected chi connectivity index (χ0v) is 20.8. The number of hydrogen-bond donors (Lipinski definition) is 2. The number of benzene rings is 1. The molecule has 4 aliphatic rings. The van der Waals surface area contributed by atoms with Crippen molar-refractivity contribution in [3.05, 3.63) is 41.1 Å². The molecule has 192 valence electrons. The molecule has 0 aromatic heterocycles. The molecule has 1 aromatic carbocycles. The first-order valence-corrected chi connectivity index (χ1v) is 12.4. The van der Waals surface area contributed by atoms with Gasteiger partial charge in [-0.2, -0.15) is 0 Å². The van der Waals surface area contributed by atoms with Crippen LogP contribution < -0.4 is 10.2 Å². The minimum absolute atomic E-state index is 0.0434. The number of amidine groups is 1. The fourth-order valence-electron chi connectivity index (χ4n) is 6.54. The van der Waals surface area contributed by atoms with E-state index in [-0.39, 0.29) is 29.9 Å². The maximum absolute atomic E-state index is 13.7. The van der Waals surface area contributed by atoms with Crippen LogP contribution in [0.2, 0.25) is 0 Å². The van der Waals surface area contributed by atoms with Crippen molar-refractivity contribution in [1.29, 1.82) is 0 Å². The summed E-state index contributed by atoms with van der Waals surface area (Å²) in [4.78, 5) is 47.9. The average molecular weight is 497 g/mol. The van der Waals surface area contributed by atoms with Crippen LogP contribution in [0.4, 0.5) is 10.5 Å². The molecule has 1 aromatic rings. The van der Waals surface area contributed by atoms with E-state index in [9.17, 15) is 19.5 Å². The number of likely N-dealkylation sites (N-methyl/N-ethyl adjacent to an activating group) is 1. The van der Waals surface area contributed by atoms with Gasteiger partial charge in [-0.25, -0.2) is 19.4 Å². The van der Waals surface area contributed by atoms with E-state index in [1.165, 1.54) is 19.1 Å². The number of carbonyl (C=O) groups is 3. The monoisotopic (exact) mass is 496 g/mol. The molecule has 0 bridgehead atoms. The standard InChI is InChI=1S/C26H32N4O6/c1-29-18-12-8-7-11-17(18)26-13-16(14-31)30(25(34)27-15-9-5-4-6-10-15)24(26)28-20(23(33)36-3)19(21(26)29)22(32)35-2/h7-8,11-12,15-16,21,31H,4-6,9-10,13-14H2,1-3H3,(H,27,34). The maximum atomic E-state index is 13.7. The molecule has 0 radical (unpaired) electrons. The summed E-state index contributed by atoms with van der Waals surface area (Å²) >= 11 is 0. The third kappa shape index (κ3) is 3.42. The predicted octanol–water partition coefficient (Wildman–Crippen LogP) is 1.86. The third-order valence-electron chi connectivity index (χ3n) is 8.06. The quantitative estimate of drug-likeness (QED) is 0.611. The van der Waals surface area contributed by atoms with E-state index in [4.69, 9.17) is 9.47 Å². The van der Waals surface area contributed by atoms with E-state index in [1.54, 1.807) is 0 Å². The third-order valence-corrected chi connectivity index (χ3v) is 8.06. The van der Waals surface area contributed by atoms with E-state index in [2.05, 4.69) is 10.3 Å². The first-order valence-electron chi connectivity index (χ1n) is 12.4. The average Bonchev–Trinajstić information content (AvgIpc) is 3.38. The number of esters is 2. The number of anilines is 1. The van der Waals surface area contributed by atoms with Crippen LogP contribution in [0.25, 0.3) is 0 Å². The van der Waals surface area contributed by atoms with Crippen LogP contribution in [0.15, 0.2) is 40.5 Å². The number of nitrogens with zero attached hydrogens (tertiary/aromatic N) is 3. The lowest BCUT2D eigenvalue weighted by molar-refractivity contribution is -0.139. The summed E-state index contributed by atoms with van der Waals surface area (Å²) in [7, 11) is 4.32. The van der Waals surface area contributed by atoms with Crippen LogP contribution in [-0.2, 0) is 24.5 Å². The number of nitrogens with one attached hydrogen (secondary N) is 1. The minimum atomic E-state index is -0.941. The van der Waals surface area contributed by atoms with Crippen LogP contribution in [0.5, 0.6) is 0 Å². The molecule has 2 amide bonds. The van der Waals surface area contributed by atoms with Crippen molar-refractivity contribution < 1.29 is 29.0 Å². The summed E-state index contributed by atoms with van der Waals surface area (Å²) in [6.07, 6.45) is 5.39. The molecule has 1 saturated heterocycles. The summed E-state index contributed by atoms with van der Waals surface area (Å²) in [6.45, 7) is -0.293. The van der Waals surface area contributed by atoms with Crippen LogP contribution in [0.3, 0.4) is 0 Å². The second-order valence-corrected chi connectivity index (χ2v) is 9.88. The second-order valence-electron chi connectivity index (χ2n) is 9.88. The van der Waals surface area contributed by atoms with Crippen LogP contribution in [0.1, 0.15) is 44.1 Å². The van der Waals surface area contributed by atoms with Crippen molar-refractivity contribution in [2.45, 2.75) is 62.1 Å². The smallest absolute Gasteiger partial charge is 0.357 e. The lowest BCUT2D eigenvalue weighted by atomic mass is 9.69. The van der Waals surface area contributed by atoms with Gasteiger partial charge in [0.25, 0.3) is 0 Å². The number of para-hydroxylation sites is 1. The van der Waals surface area contributed by atoms with Gasteiger partial charge in [0.1, 0.15) is 5.84 Å². The number of urea groups is 1. The van der Waals surface area contributed by atoms with E-state index in [0.29, 0.717) is 12.3 Å². The molecular formula is C26H32N4O6. The highest BCUT2D eigenvalue weighted by atomic mass is 16.5. The number of hydrogen-bond acceptors (Lipinski definition) is 8. The molecule has 10 heteroatoms. The lowest BCUT2D eigenvalue weighted by Gasteiger charge is -2.39.